The molecule has 8 nitrogen and oxygen atoms in total. The van der Waals surface area contributed by atoms with Crippen molar-refractivity contribution >= 4 is 0 Å². The zero-order valence-electron chi connectivity index (χ0n) is 18.6. The number of hydrogen-bond donors (Lipinski definition) is 0. The van der Waals surface area contributed by atoms with Crippen molar-refractivity contribution in [3.63, 3.8) is 0 Å². The topological polar surface area (TPSA) is 68.5 Å². The summed E-state index contributed by atoms with van der Waals surface area (Å²) in [5.41, 5.74) is 1.02. The molecule has 1 fully saturated rings. The summed E-state index contributed by atoms with van der Waals surface area (Å²) in [5.74, 6) is 3.03. The standard InChI is InChI=1S/C22H34N6O2/c1-6-10-26-12-14-27(15-13-26)21(19-16-18(29-4)7-8-20(19)30-5)22-23-24-25-28(22)11-9-17(2)3/h6-8,16-17,21H,1,9-15H2,2-5H3/t21-/m1/s1. The number of ether oxygens (including phenoxy) is 2. The maximum atomic E-state index is 5.73. The van der Waals surface area contributed by atoms with Gasteiger partial charge in [-0.05, 0) is 41.0 Å². The fourth-order valence-corrected chi connectivity index (χ4v) is 3.89. The zero-order valence-corrected chi connectivity index (χ0v) is 18.6. The summed E-state index contributed by atoms with van der Waals surface area (Å²) in [6, 6.07) is 5.81. The van der Waals surface area contributed by atoms with Crippen LogP contribution in [0.25, 0.3) is 0 Å². The molecule has 1 saturated heterocycles. The van der Waals surface area contributed by atoms with Crippen LogP contribution in [0.15, 0.2) is 30.9 Å². The van der Waals surface area contributed by atoms with Crippen LogP contribution in [0.3, 0.4) is 0 Å². The van der Waals surface area contributed by atoms with Crippen LogP contribution < -0.4 is 9.47 Å². The molecule has 0 radical (unpaired) electrons. The number of benzene rings is 1. The van der Waals surface area contributed by atoms with Gasteiger partial charge in [0.2, 0.25) is 0 Å². The van der Waals surface area contributed by atoms with Crippen LogP contribution in [0.5, 0.6) is 11.5 Å². The Kier molecular flexibility index (Phi) is 7.81. The first kappa shape index (κ1) is 22.2. The van der Waals surface area contributed by atoms with E-state index in [2.05, 4.69) is 45.8 Å². The van der Waals surface area contributed by atoms with Gasteiger partial charge in [-0.15, -0.1) is 11.7 Å². The van der Waals surface area contributed by atoms with Crippen LogP contribution in [-0.2, 0) is 6.54 Å². The summed E-state index contributed by atoms with van der Waals surface area (Å²) in [6.45, 7) is 13.8. The van der Waals surface area contributed by atoms with Gasteiger partial charge >= 0.3 is 0 Å². The Morgan fingerprint density at radius 3 is 2.53 bits per heavy atom. The van der Waals surface area contributed by atoms with Crippen molar-refractivity contribution in [2.45, 2.75) is 32.9 Å². The Labute approximate surface area is 179 Å². The Hall–Kier alpha value is -2.45. The van der Waals surface area contributed by atoms with E-state index in [-0.39, 0.29) is 6.04 Å². The number of aromatic nitrogens is 4. The highest BCUT2D eigenvalue weighted by Gasteiger charge is 2.32. The molecule has 0 spiro atoms. The minimum atomic E-state index is -0.108. The highest BCUT2D eigenvalue weighted by Crippen LogP contribution is 2.36. The Bertz CT molecular complexity index is 814. The lowest BCUT2D eigenvalue weighted by Crippen LogP contribution is -2.48. The van der Waals surface area contributed by atoms with Gasteiger partial charge in [0.1, 0.15) is 17.5 Å². The smallest absolute Gasteiger partial charge is 0.173 e. The number of tetrazole rings is 1. The summed E-state index contributed by atoms with van der Waals surface area (Å²) in [5, 5.41) is 12.8. The molecule has 3 rings (SSSR count). The normalized spacial score (nSPS) is 16.6. The van der Waals surface area contributed by atoms with E-state index in [1.54, 1.807) is 14.2 Å². The molecule has 8 heteroatoms. The van der Waals surface area contributed by atoms with Crippen LogP contribution >= 0.6 is 0 Å². The lowest BCUT2D eigenvalue weighted by atomic mass is 10.0. The predicted molar refractivity (Wildman–Crippen MR) is 117 cm³/mol. The summed E-state index contributed by atoms with van der Waals surface area (Å²) >= 11 is 0. The van der Waals surface area contributed by atoms with Gasteiger partial charge in [-0.3, -0.25) is 9.80 Å². The number of piperazine rings is 1. The fraction of sp³-hybridized carbons (Fsp3) is 0.591. The molecular weight excluding hydrogens is 380 g/mol. The zero-order chi connectivity index (χ0) is 21.5. The molecule has 2 heterocycles. The second kappa shape index (κ2) is 10.5. The van der Waals surface area contributed by atoms with Gasteiger partial charge in [0.25, 0.3) is 0 Å². The summed E-state index contributed by atoms with van der Waals surface area (Å²) in [6.07, 6.45) is 2.98. The van der Waals surface area contributed by atoms with Crippen molar-refractivity contribution in [1.29, 1.82) is 0 Å². The van der Waals surface area contributed by atoms with Gasteiger partial charge in [0.15, 0.2) is 5.82 Å². The van der Waals surface area contributed by atoms with Gasteiger partial charge < -0.3 is 9.47 Å². The van der Waals surface area contributed by atoms with Crippen molar-refractivity contribution in [3.8, 4) is 11.5 Å². The second-order valence-corrected chi connectivity index (χ2v) is 8.08. The van der Waals surface area contributed by atoms with Crippen LogP contribution in [-0.4, -0.2) is 77.0 Å². The molecule has 1 atom stereocenters. The highest BCUT2D eigenvalue weighted by molar-refractivity contribution is 5.44. The quantitative estimate of drug-likeness (QED) is 0.554. The Morgan fingerprint density at radius 1 is 1.13 bits per heavy atom. The van der Waals surface area contributed by atoms with E-state index in [4.69, 9.17) is 9.47 Å². The number of rotatable bonds is 10. The monoisotopic (exact) mass is 414 g/mol. The predicted octanol–water partition coefficient (Wildman–Crippen LogP) is 2.63. The maximum absolute atomic E-state index is 5.73. The Morgan fingerprint density at radius 2 is 1.90 bits per heavy atom. The lowest BCUT2D eigenvalue weighted by molar-refractivity contribution is 0.111. The summed E-state index contributed by atoms with van der Waals surface area (Å²) < 4.78 is 13.2. The third-order valence-electron chi connectivity index (χ3n) is 5.61. The average Bonchev–Trinajstić information content (AvgIpc) is 3.22. The summed E-state index contributed by atoms with van der Waals surface area (Å²) in [7, 11) is 3.38. The van der Waals surface area contributed by atoms with Crippen LogP contribution in [0.4, 0.5) is 0 Å². The highest BCUT2D eigenvalue weighted by atomic mass is 16.5. The molecular formula is C22H34N6O2. The van der Waals surface area contributed by atoms with Gasteiger partial charge in [-0.25, -0.2) is 4.68 Å². The molecule has 164 valence electrons. The maximum Gasteiger partial charge on any atom is 0.173 e. The van der Waals surface area contributed by atoms with Gasteiger partial charge in [0.05, 0.1) is 14.2 Å². The van der Waals surface area contributed by atoms with Gasteiger partial charge in [-0.1, -0.05) is 19.9 Å². The molecule has 1 aromatic carbocycles. The Balaban J connectivity index is 1.99. The third-order valence-corrected chi connectivity index (χ3v) is 5.61. The first-order valence-corrected chi connectivity index (χ1v) is 10.6. The van der Waals surface area contributed by atoms with E-state index in [9.17, 15) is 0 Å². The molecule has 1 aromatic heterocycles. The number of aryl methyl sites for hydroxylation is 1. The number of methoxy groups -OCH3 is 2. The first-order chi connectivity index (χ1) is 14.6. The first-order valence-electron chi connectivity index (χ1n) is 10.6. The van der Waals surface area contributed by atoms with Crippen LogP contribution in [0.1, 0.15) is 37.7 Å². The van der Waals surface area contributed by atoms with E-state index < -0.39 is 0 Å². The van der Waals surface area contributed by atoms with Crippen molar-refractivity contribution in [2.75, 3.05) is 46.9 Å². The third kappa shape index (κ3) is 5.17. The van der Waals surface area contributed by atoms with Crippen LogP contribution in [0, 0.1) is 5.92 Å². The molecule has 30 heavy (non-hydrogen) atoms. The minimum absolute atomic E-state index is 0.108. The average molecular weight is 415 g/mol. The molecule has 0 saturated carbocycles. The van der Waals surface area contributed by atoms with Gasteiger partial charge in [0, 0.05) is 44.8 Å². The van der Waals surface area contributed by atoms with Crippen molar-refractivity contribution in [3.05, 3.63) is 42.2 Å². The van der Waals surface area contributed by atoms with Crippen molar-refractivity contribution < 1.29 is 9.47 Å². The molecule has 0 N–H and O–H groups in total. The van der Waals surface area contributed by atoms with E-state index in [1.807, 2.05) is 29.0 Å². The molecule has 0 unspecified atom stereocenters. The molecule has 1 aliphatic heterocycles. The lowest BCUT2D eigenvalue weighted by Gasteiger charge is -2.39. The largest absolute Gasteiger partial charge is 0.497 e. The van der Waals surface area contributed by atoms with Gasteiger partial charge in [-0.2, -0.15) is 0 Å². The SMILES string of the molecule is C=CCN1CCN([C@H](c2cc(OC)ccc2OC)c2nnnn2CCC(C)C)CC1. The van der Waals surface area contributed by atoms with E-state index in [1.165, 1.54) is 0 Å². The van der Waals surface area contributed by atoms with Crippen LogP contribution in [0.2, 0.25) is 0 Å². The molecule has 2 aromatic rings. The van der Waals surface area contributed by atoms with E-state index >= 15 is 0 Å². The molecule has 1 aliphatic rings. The van der Waals surface area contributed by atoms with Crippen molar-refractivity contribution in [2.24, 2.45) is 5.92 Å². The minimum Gasteiger partial charge on any atom is -0.497 e. The van der Waals surface area contributed by atoms with Crippen molar-refractivity contribution in [1.82, 2.24) is 30.0 Å². The molecule has 0 aliphatic carbocycles. The van der Waals surface area contributed by atoms with E-state index in [0.717, 1.165) is 68.6 Å². The molecule has 0 bridgehead atoms. The fourth-order valence-electron chi connectivity index (χ4n) is 3.89. The second-order valence-electron chi connectivity index (χ2n) is 8.08. The summed E-state index contributed by atoms with van der Waals surface area (Å²) in [4.78, 5) is 4.85. The molecule has 0 amide bonds. The number of hydrogen-bond acceptors (Lipinski definition) is 7. The number of nitrogens with zero attached hydrogens (tertiary/aromatic N) is 6. The van der Waals surface area contributed by atoms with E-state index in [0.29, 0.717) is 5.92 Å².